The van der Waals surface area contributed by atoms with Crippen molar-refractivity contribution >= 4 is 16.7 Å². The highest BCUT2D eigenvalue weighted by Crippen LogP contribution is 2.69. The highest BCUT2D eigenvalue weighted by atomic mass is 32.2. The summed E-state index contributed by atoms with van der Waals surface area (Å²) in [6.45, 7) is 2.09. The number of fused-ring (bicyclic) bond motifs is 5. The fraction of sp³-hybridized carbons (Fsp3) is 0.632. The number of rotatable bonds is 4. The second-order valence-corrected chi connectivity index (χ2v) is 9.04. The van der Waals surface area contributed by atoms with Gasteiger partial charge in [0.2, 0.25) is 5.91 Å². The maximum atomic E-state index is 12.9. The zero-order valence-corrected chi connectivity index (χ0v) is 14.9. The smallest absolute Gasteiger partial charge is 0.226 e. The first-order chi connectivity index (χ1) is 11.0. The Morgan fingerprint density at radius 1 is 1.17 bits per heavy atom. The fourth-order valence-electron chi connectivity index (χ4n) is 5.24. The molecule has 6 unspecified atom stereocenters. The van der Waals surface area contributed by atoms with Crippen LogP contribution in [0, 0.1) is 29.6 Å². The minimum atomic E-state index is -0.952. The van der Waals surface area contributed by atoms with Crippen LogP contribution in [-0.2, 0) is 15.6 Å². The maximum absolute atomic E-state index is 12.9. The van der Waals surface area contributed by atoms with Gasteiger partial charge in [0.15, 0.2) is 0 Å². The largest absolute Gasteiger partial charge is 0.339 e. The van der Waals surface area contributed by atoms with E-state index in [0.29, 0.717) is 23.7 Å². The highest BCUT2D eigenvalue weighted by molar-refractivity contribution is 7.84. The van der Waals surface area contributed by atoms with Gasteiger partial charge >= 0.3 is 0 Å². The van der Waals surface area contributed by atoms with Gasteiger partial charge in [0.05, 0.1) is 6.04 Å². The quantitative estimate of drug-likeness (QED) is 0.849. The molecule has 1 aromatic rings. The lowest BCUT2D eigenvalue weighted by molar-refractivity contribution is -0.134. The van der Waals surface area contributed by atoms with E-state index in [1.165, 1.54) is 19.3 Å². The average Bonchev–Trinajstić information content (AvgIpc) is 2.99. The highest BCUT2D eigenvalue weighted by Gasteiger charge is 2.67. The van der Waals surface area contributed by atoms with Gasteiger partial charge in [-0.1, -0.05) is 12.1 Å². The van der Waals surface area contributed by atoms with Crippen molar-refractivity contribution in [2.45, 2.75) is 37.1 Å². The molecule has 6 atom stereocenters. The Balaban J connectivity index is 1.45. The molecule has 1 amide bonds. The summed E-state index contributed by atoms with van der Waals surface area (Å²) < 4.78 is 11.5. The second kappa shape index (κ2) is 5.44. The molecule has 0 saturated heterocycles. The average molecular weight is 331 g/mol. The molecule has 0 spiro atoms. The van der Waals surface area contributed by atoms with Crippen LogP contribution in [0.25, 0.3) is 0 Å². The summed E-state index contributed by atoms with van der Waals surface area (Å²) in [6, 6.07) is 7.89. The third-order valence-corrected chi connectivity index (χ3v) is 7.58. The number of hydrogen-bond donors (Lipinski definition) is 0. The second-order valence-electron chi connectivity index (χ2n) is 7.66. The minimum absolute atomic E-state index is 0.0702. The van der Waals surface area contributed by atoms with Crippen LogP contribution in [0.15, 0.2) is 29.2 Å². The minimum Gasteiger partial charge on any atom is -0.339 e. The molecule has 0 heterocycles. The molecule has 0 N–H and O–H groups in total. The Morgan fingerprint density at radius 2 is 1.74 bits per heavy atom. The lowest BCUT2D eigenvalue weighted by Gasteiger charge is -2.26. The van der Waals surface area contributed by atoms with E-state index in [2.05, 4.69) is 6.92 Å². The molecular weight excluding hydrogens is 306 g/mol. The van der Waals surface area contributed by atoms with Crippen molar-refractivity contribution in [3.63, 3.8) is 0 Å². The van der Waals surface area contributed by atoms with E-state index in [-0.39, 0.29) is 6.04 Å². The molecule has 4 heteroatoms. The standard InChI is InChI=1S/C19H25NO2S/c1-11(12-6-8-15(9-7-12)23(3)22)20(2)19(21)18-16-13-4-5-14(10-13)17(16)18/h6-9,11,13-14,16-18H,4-5,10H2,1-3H3. The number of benzene rings is 1. The number of carbonyl (C=O) groups is 1. The normalized spacial score (nSPS) is 36.4. The molecule has 124 valence electrons. The number of nitrogens with zero attached hydrogens (tertiary/aromatic N) is 1. The van der Waals surface area contributed by atoms with Gasteiger partial charge in [0.25, 0.3) is 0 Å². The Bertz CT molecular complexity index is 640. The van der Waals surface area contributed by atoms with E-state index in [0.717, 1.165) is 22.3 Å². The fourth-order valence-corrected chi connectivity index (χ4v) is 5.76. The molecule has 1 aromatic carbocycles. The number of carbonyl (C=O) groups excluding carboxylic acids is 1. The summed E-state index contributed by atoms with van der Waals surface area (Å²) >= 11 is 0. The van der Waals surface area contributed by atoms with Crippen LogP contribution >= 0.6 is 0 Å². The van der Waals surface area contributed by atoms with Crippen LogP contribution in [0.4, 0.5) is 0 Å². The number of amides is 1. The van der Waals surface area contributed by atoms with Gasteiger partial charge in [-0.05, 0) is 67.6 Å². The van der Waals surface area contributed by atoms with Crippen LogP contribution < -0.4 is 0 Å². The van der Waals surface area contributed by atoms with E-state index in [9.17, 15) is 9.00 Å². The first kappa shape index (κ1) is 15.4. The summed E-state index contributed by atoms with van der Waals surface area (Å²) in [6.07, 6.45) is 5.78. The molecule has 3 saturated carbocycles. The van der Waals surface area contributed by atoms with Crippen molar-refractivity contribution in [1.29, 1.82) is 0 Å². The van der Waals surface area contributed by atoms with Gasteiger partial charge in [-0.15, -0.1) is 0 Å². The Labute approximate surface area is 140 Å². The third-order valence-electron chi connectivity index (χ3n) is 6.64. The monoisotopic (exact) mass is 331 g/mol. The first-order valence-corrected chi connectivity index (χ1v) is 10.2. The van der Waals surface area contributed by atoms with Gasteiger partial charge in [-0.2, -0.15) is 0 Å². The van der Waals surface area contributed by atoms with Crippen LogP contribution in [0.5, 0.6) is 0 Å². The molecule has 23 heavy (non-hydrogen) atoms. The summed E-state index contributed by atoms with van der Waals surface area (Å²) in [5.74, 6) is 3.70. The van der Waals surface area contributed by atoms with Crippen molar-refractivity contribution in [2.24, 2.45) is 29.6 Å². The lowest BCUT2D eigenvalue weighted by Crippen LogP contribution is -2.32. The molecule has 3 aliphatic rings. The van der Waals surface area contributed by atoms with Crippen molar-refractivity contribution in [3.05, 3.63) is 29.8 Å². The SMILES string of the molecule is CC(c1ccc(S(C)=O)cc1)N(C)C(=O)C1C2C3CCC(C3)C12. The van der Waals surface area contributed by atoms with Crippen LogP contribution in [0.2, 0.25) is 0 Å². The van der Waals surface area contributed by atoms with Crippen LogP contribution in [-0.4, -0.2) is 28.3 Å². The van der Waals surface area contributed by atoms with Crippen molar-refractivity contribution < 1.29 is 9.00 Å². The van der Waals surface area contributed by atoms with Gasteiger partial charge in [-0.3, -0.25) is 9.00 Å². The molecular formula is C19H25NO2S. The molecule has 0 aromatic heterocycles. The van der Waals surface area contributed by atoms with Gasteiger partial charge in [0.1, 0.15) is 0 Å². The molecule has 4 rings (SSSR count). The summed E-state index contributed by atoms with van der Waals surface area (Å²) in [5.41, 5.74) is 1.11. The third kappa shape index (κ3) is 2.37. The lowest BCUT2D eigenvalue weighted by atomic mass is 10.0. The van der Waals surface area contributed by atoms with E-state index >= 15 is 0 Å². The van der Waals surface area contributed by atoms with Crippen molar-refractivity contribution in [2.75, 3.05) is 13.3 Å². The summed E-state index contributed by atoms with van der Waals surface area (Å²) in [4.78, 5) is 15.7. The maximum Gasteiger partial charge on any atom is 0.226 e. The molecule has 2 bridgehead atoms. The molecule has 0 aliphatic heterocycles. The molecule has 3 aliphatic carbocycles. The van der Waals surface area contributed by atoms with Gasteiger partial charge in [0, 0.05) is 34.9 Å². The Hall–Kier alpha value is -1.16. The summed E-state index contributed by atoms with van der Waals surface area (Å²) in [7, 11) is 0.987. The van der Waals surface area contributed by atoms with Crippen LogP contribution in [0.3, 0.4) is 0 Å². The Morgan fingerprint density at radius 3 is 2.26 bits per heavy atom. The number of hydrogen-bond acceptors (Lipinski definition) is 2. The topological polar surface area (TPSA) is 37.4 Å². The zero-order valence-electron chi connectivity index (χ0n) is 14.1. The van der Waals surface area contributed by atoms with E-state index in [1.54, 1.807) is 6.26 Å². The molecule has 3 fully saturated rings. The van der Waals surface area contributed by atoms with E-state index in [4.69, 9.17) is 0 Å². The Kier molecular flexibility index (Phi) is 3.63. The van der Waals surface area contributed by atoms with Crippen molar-refractivity contribution in [3.8, 4) is 0 Å². The van der Waals surface area contributed by atoms with Gasteiger partial charge < -0.3 is 4.90 Å². The van der Waals surface area contributed by atoms with Crippen molar-refractivity contribution in [1.82, 2.24) is 4.90 Å². The van der Waals surface area contributed by atoms with E-state index < -0.39 is 10.8 Å². The molecule has 0 radical (unpaired) electrons. The zero-order chi connectivity index (χ0) is 16.3. The predicted octanol–water partition coefficient (Wildman–Crippen LogP) is 3.24. The van der Waals surface area contributed by atoms with E-state index in [1.807, 2.05) is 36.2 Å². The molecule has 3 nitrogen and oxygen atoms in total. The van der Waals surface area contributed by atoms with Crippen LogP contribution in [0.1, 0.15) is 37.8 Å². The summed E-state index contributed by atoms with van der Waals surface area (Å²) in [5, 5.41) is 0. The first-order valence-electron chi connectivity index (χ1n) is 8.69. The van der Waals surface area contributed by atoms with Gasteiger partial charge in [-0.25, -0.2) is 0 Å². The predicted molar refractivity (Wildman–Crippen MR) is 91.3 cm³/mol.